The molecule has 1 aromatic rings. The van der Waals surface area contributed by atoms with Crippen molar-refractivity contribution in [2.45, 2.75) is 31.9 Å². The van der Waals surface area contributed by atoms with E-state index in [4.69, 9.17) is 16.3 Å². The van der Waals surface area contributed by atoms with Gasteiger partial charge in [-0.2, -0.15) is 0 Å². The van der Waals surface area contributed by atoms with Gasteiger partial charge in [0.25, 0.3) is 0 Å². The summed E-state index contributed by atoms with van der Waals surface area (Å²) in [6, 6.07) is 7.84. The number of ether oxygens (including phenoxy) is 1. The standard InChI is InChI=1S/C17H23ClN2O2/c1-12-11-22-16(14-6-2-3-7-15(14)18)10-20(12)17(21)13-5-4-8-19-9-13/h2-3,6-7,12-13,16,19H,4-5,8-11H2,1H3/t12-,13-,16-/m1/s1. The number of hydrogen-bond acceptors (Lipinski definition) is 3. The summed E-state index contributed by atoms with van der Waals surface area (Å²) in [4.78, 5) is 14.8. The lowest BCUT2D eigenvalue weighted by atomic mass is 9.96. The molecule has 1 aromatic carbocycles. The first-order valence-electron chi connectivity index (χ1n) is 8.04. The zero-order valence-electron chi connectivity index (χ0n) is 12.9. The Morgan fingerprint density at radius 1 is 1.41 bits per heavy atom. The van der Waals surface area contributed by atoms with Crippen molar-refractivity contribution in [3.63, 3.8) is 0 Å². The number of amides is 1. The third-order valence-corrected chi connectivity index (χ3v) is 4.96. The Bertz CT molecular complexity index is 531. The second-order valence-corrected chi connectivity index (χ2v) is 6.63. The molecule has 2 aliphatic heterocycles. The van der Waals surface area contributed by atoms with E-state index in [2.05, 4.69) is 12.2 Å². The molecule has 4 nitrogen and oxygen atoms in total. The van der Waals surface area contributed by atoms with Crippen molar-refractivity contribution >= 4 is 17.5 Å². The summed E-state index contributed by atoms with van der Waals surface area (Å²) in [5.74, 6) is 0.348. The van der Waals surface area contributed by atoms with Gasteiger partial charge in [0.1, 0.15) is 6.10 Å². The summed E-state index contributed by atoms with van der Waals surface area (Å²) in [6.45, 7) is 5.00. The summed E-state index contributed by atoms with van der Waals surface area (Å²) in [5, 5.41) is 4.02. The highest BCUT2D eigenvalue weighted by Gasteiger charge is 2.34. The number of nitrogens with one attached hydrogen (secondary N) is 1. The van der Waals surface area contributed by atoms with Gasteiger partial charge in [0.05, 0.1) is 25.1 Å². The van der Waals surface area contributed by atoms with Gasteiger partial charge in [0.15, 0.2) is 0 Å². The van der Waals surface area contributed by atoms with E-state index in [1.807, 2.05) is 29.2 Å². The van der Waals surface area contributed by atoms with Crippen LogP contribution in [0.3, 0.4) is 0 Å². The van der Waals surface area contributed by atoms with E-state index >= 15 is 0 Å². The highest BCUT2D eigenvalue weighted by molar-refractivity contribution is 6.31. The van der Waals surface area contributed by atoms with E-state index < -0.39 is 0 Å². The zero-order valence-corrected chi connectivity index (χ0v) is 13.7. The maximum atomic E-state index is 12.8. The SMILES string of the molecule is C[C@@H]1CO[C@@H](c2ccccc2Cl)CN1C(=O)[C@@H]1CCCNC1. The highest BCUT2D eigenvalue weighted by atomic mass is 35.5. The van der Waals surface area contributed by atoms with Crippen LogP contribution in [0.4, 0.5) is 0 Å². The predicted molar refractivity (Wildman–Crippen MR) is 86.9 cm³/mol. The van der Waals surface area contributed by atoms with E-state index in [-0.39, 0.29) is 24.0 Å². The van der Waals surface area contributed by atoms with Gasteiger partial charge in [-0.05, 0) is 32.4 Å². The minimum atomic E-state index is -0.134. The summed E-state index contributed by atoms with van der Waals surface area (Å²) < 4.78 is 5.93. The van der Waals surface area contributed by atoms with Crippen LogP contribution < -0.4 is 5.32 Å². The molecule has 0 saturated carbocycles. The van der Waals surface area contributed by atoms with Crippen LogP contribution in [-0.4, -0.2) is 43.1 Å². The molecule has 1 N–H and O–H groups in total. The van der Waals surface area contributed by atoms with Crippen molar-refractivity contribution in [1.29, 1.82) is 0 Å². The van der Waals surface area contributed by atoms with Gasteiger partial charge in [-0.1, -0.05) is 29.8 Å². The summed E-state index contributed by atoms with van der Waals surface area (Å²) in [7, 11) is 0. The van der Waals surface area contributed by atoms with Crippen LogP contribution >= 0.6 is 11.6 Å². The smallest absolute Gasteiger partial charge is 0.227 e. The molecule has 0 bridgehead atoms. The third-order valence-electron chi connectivity index (χ3n) is 4.61. The zero-order chi connectivity index (χ0) is 15.5. The molecule has 0 radical (unpaired) electrons. The fourth-order valence-electron chi connectivity index (χ4n) is 3.29. The number of hydrogen-bond donors (Lipinski definition) is 1. The Hall–Kier alpha value is -1.10. The first-order valence-corrected chi connectivity index (χ1v) is 8.42. The molecule has 22 heavy (non-hydrogen) atoms. The molecular weight excluding hydrogens is 300 g/mol. The van der Waals surface area contributed by atoms with E-state index in [0.29, 0.717) is 18.2 Å². The minimum Gasteiger partial charge on any atom is -0.369 e. The molecule has 0 unspecified atom stereocenters. The number of morpholine rings is 1. The minimum absolute atomic E-state index is 0.0983. The predicted octanol–water partition coefficient (Wildman–Crippen LogP) is 2.63. The van der Waals surface area contributed by atoms with Crippen molar-refractivity contribution in [2.75, 3.05) is 26.2 Å². The van der Waals surface area contributed by atoms with Crippen LogP contribution in [0.2, 0.25) is 5.02 Å². The number of rotatable bonds is 2. The lowest BCUT2D eigenvalue weighted by Crippen LogP contribution is -2.52. The Kier molecular flexibility index (Phi) is 5.01. The van der Waals surface area contributed by atoms with Crippen LogP contribution in [0.15, 0.2) is 24.3 Å². The summed E-state index contributed by atoms with van der Waals surface area (Å²) in [6.07, 6.45) is 1.92. The first kappa shape index (κ1) is 15.8. The van der Waals surface area contributed by atoms with Gasteiger partial charge in [0, 0.05) is 17.1 Å². The van der Waals surface area contributed by atoms with Gasteiger partial charge in [-0.15, -0.1) is 0 Å². The number of piperidine rings is 1. The number of carbonyl (C=O) groups is 1. The lowest BCUT2D eigenvalue weighted by Gasteiger charge is -2.40. The number of halogens is 1. The molecule has 3 atom stereocenters. The normalized spacial score (nSPS) is 29.4. The molecule has 0 spiro atoms. The summed E-state index contributed by atoms with van der Waals surface area (Å²) in [5.41, 5.74) is 0.968. The molecule has 0 aliphatic carbocycles. The van der Waals surface area contributed by atoms with Crippen molar-refractivity contribution in [3.05, 3.63) is 34.9 Å². The van der Waals surface area contributed by atoms with Crippen molar-refractivity contribution in [3.8, 4) is 0 Å². The molecule has 2 saturated heterocycles. The van der Waals surface area contributed by atoms with Gasteiger partial charge in [0.2, 0.25) is 5.91 Å². The molecule has 0 aromatic heterocycles. The van der Waals surface area contributed by atoms with Crippen molar-refractivity contribution < 1.29 is 9.53 Å². The molecule has 5 heteroatoms. The molecule has 120 valence electrons. The van der Waals surface area contributed by atoms with Gasteiger partial charge >= 0.3 is 0 Å². The van der Waals surface area contributed by atoms with Crippen LogP contribution in [0.25, 0.3) is 0 Å². The number of carbonyl (C=O) groups excluding carboxylic acids is 1. The summed E-state index contributed by atoms with van der Waals surface area (Å²) >= 11 is 6.28. The number of benzene rings is 1. The fraction of sp³-hybridized carbons (Fsp3) is 0.588. The molecule has 1 amide bonds. The van der Waals surface area contributed by atoms with Gasteiger partial charge in [-0.25, -0.2) is 0 Å². The van der Waals surface area contributed by atoms with Gasteiger partial charge < -0.3 is 15.0 Å². The van der Waals surface area contributed by atoms with E-state index in [9.17, 15) is 4.79 Å². The lowest BCUT2D eigenvalue weighted by molar-refractivity contribution is -0.149. The Labute approximate surface area is 136 Å². The van der Waals surface area contributed by atoms with E-state index in [1.165, 1.54) is 0 Å². The quantitative estimate of drug-likeness (QED) is 0.910. The number of nitrogens with zero attached hydrogens (tertiary/aromatic N) is 1. The topological polar surface area (TPSA) is 41.6 Å². The highest BCUT2D eigenvalue weighted by Crippen LogP contribution is 2.31. The Balaban J connectivity index is 1.73. The maximum Gasteiger partial charge on any atom is 0.227 e. The van der Waals surface area contributed by atoms with Crippen LogP contribution in [0.1, 0.15) is 31.4 Å². The molecule has 2 heterocycles. The van der Waals surface area contributed by atoms with Crippen LogP contribution in [0, 0.1) is 5.92 Å². The largest absolute Gasteiger partial charge is 0.369 e. The first-order chi connectivity index (χ1) is 10.7. The van der Waals surface area contributed by atoms with E-state index in [1.54, 1.807) is 0 Å². The average molecular weight is 323 g/mol. The average Bonchev–Trinajstić information content (AvgIpc) is 2.56. The van der Waals surface area contributed by atoms with Crippen LogP contribution in [0.5, 0.6) is 0 Å². The maximum absolute atomic E-state index is 12.8. The molecule has 2 fully saturated rings. The second kappa shape index (κ2) is 6.99. The van der Waals surface area contributed by atoms with Crippen LogP contribution in [-0.2, 0) is 9.53 Å². The molecular formula is C17H23ClN2O2. The Morgan fingerprint density at radius 3 is 2.95 bits per heavy atom. The second-order valence-electron chi connectivity index (χ2n) is 6.23. The van der Waals surface area contributed by atoms with Gasteiger partial charge in [-0.3, -0.25) is 4.79 Å². The Morgan fingerprint density at radius 2 is 2.23 bits per heavy atom. The van der Waals surface area contributed by atoms with Crippen molar-refractivity contribution in [1.82, 2.24) is 10.2 Å². The third kappa shape index (κ3) is 3.29. The fourth-order valence-corrected chi connectivity index (χ4v) is 3.54. The molecule has 2 aliphatic rings. The monoisotopic (exact) mass is 322 g/mol. The molecule has 3 rings (SSSR count). The van der Waals surface area contributed by atoms with Crippen molar-refractivity contribution in [2.24, 2.45) is 5.92 Å². The van der Waals surface area contributed by atoms with E-state index in [0.717, 1.165) is 31.5 Å².